The van der Waals surface area contributed by atoms with Gasteiger partial charge in [-0.05, 0) is 24.3 Å². The lowest BCUT2D eigenvalue weighted by atomic mass is 9.97. The zero-order chi connectivity index (χ0) is 20.4. The fourth-order valence-electron chi connectivity index (χ4n) is 3.15. The van der Waals surface area contributed by atoms with Crippen LogP contribution in [0.2, 0.25) is 0 Å². The Bertz CT molecular complexity index is 791. The molecule has 10 nitrogen and oxygen atoms in total. The largest absolute Gasteiger partial charge is 0.497 e. The van der Waals surface area contributed by atoms with Gasteiger partial charge in [0.25, 0.3) is 0 Å². The first-order valence-corrected chi connectivity index (χ1v) is 8.46. The molecule has 0 N–H and O–H groups in total. The quantitative estimate of drug-likeness (QED) is 0.529. The lowest BCUT2D eigenvalue weighted by Crippen LogP contribution is -2.60. The summed E-state index contributed by atoms with van der Waals surface area (Å²) in [5.74, 6) is -1.44. The van der Waals surface area contributed by atoms with Crippen LogP contribution in [0.5, 0.6) is 5.75 Å². The maximum absolute atomic E-state index is 12.6. The van der Waals surface area contributed by atoms with Gasteiger partial charge >= 0.3 is 24.0 Å². The first-order chi connectivity index (χ1) is 13.3. The van der Waals surface area contributed by atoms with E-state index in [9.17, 15) is 19.2 Å². The van der Waals surface area contributed by atoms with Gasteiger partial charge in [-0.25, -0.2) is 9.59 Å². The van der Waals surface area contributed by atoms with Crippen LogP contribution in [0.1, 0.15) is 13.8 Å². The van der Waals surface area contributed by atoms with E-state index < -0.39 is 48.4 Å². The third-order valence-electron chi connectivity index (χ3n) is 4.33. The molecule has 4 atom stereocenters. The number of ether oxygens (including phenoxy) is 5. The van der Waals surface area contributed by atoms with Gasteiger partial charge in [0.15, 0.2) is 24.4 Å². The van der Waals surface area contributed by atoms with E-state index >= 15 is 0 Å². The monoisotopic (exact) mass is 393 g/mol. The maximum Gasteiger partial charge on any atom is 0.415 e. The summed E-state index contributed by atoms with van der Waals surface area (Å²) >= 11 is 0. The smallest absolute Gasteiger partial charge is 0.415 e. The second-order valence-electron chi connectivity index (χ2n) is 6.21. The summed E-state index contributed by atoms with van der Waals surface area (Å²) in [6, 6.07) is 5.26. The van der Waals surface area contributed by atoms with Crippen LogP contribution in [0.4, 0.5) is 10.5 Å². The second-order valence-corrected chi connectivity index (χ2v) is 6.21. The van der Waals surface area contributed by atoms with Crippen molar-refractivity contribution in [1.29, 1.82) is 0 Å². The summed E-state index contributed by atoms with van der Waals surface area (Å²) in [7, 11) is 1.50. The van der Waals surface area contributed by atoms with Crippen LogP contribution in [0, 0.1) is 0 Å². The number of nitrogens with zero attached hydrogens (tertiary/aromatic N) is 1. The molecular weight excluding hydrogens is 374 g/mol. The molecule has 2 saturated heterocycles. The van der Waals surface area contributed by atoms with E-state index in [-0.39, 0.29) is 6.61 Å². The number of hydrogen-bond donors (Lipinski definition) is 0. The summed E-state index contributed by atoms with van der Waals surface area (Å²) in [4.78, 5) is 48.8. The number of fused-ring (bicyclic) bond motifs is 1. The van der Waals surface area contributed by atoms with Crippen LogP contribution in [0.3, 0.4) is 0 Å². The third kappa shape index (κ3) is 3.71. The van der Waals surface area contributed by atoms with Crippen molar-refractivity contribution in [2.75, 3.05) is 18.6 Å². The number of hydrogen-bond acceptors (Lipinski definition) is 9. The number of amides is 1. The molecule has 1 amide bonds. The second kappa shape index (κ2) is 7.75. The molecule has 2 aliphatic heterocycles. The van der Waals surface area contributed by atoms with Gasteiger partial charge in [0, 0.05) is 19.5 Å². The third-order valence-corrected chi connectivity index (χ3v) is 4.33. The van der Waals surface area contributed by atoms with Gasteiger partial charge in [-0.1, -0.05) is 0 Å². The number of rotatable bonds is 5. The lowest BCUT2D eigenvalue weighted by molar-refractivity contribution is -0.197. The van der Waals surface area contributed by atoms with Gasteiger partial charge in [-0.15, -0.1) is 0 Å². The fraction of sp³-hybridized carbons (Fsp3) is 0.444. The van der Waals surface area contributed by atoms with Crippen molar-refractivity contribution >= 4 is 29.7 Å². The van der Waals surface area contributed by atoms with Crippen LogP contribution < -0.4 is 9.64 Å². The molecule has 0 bridgehead atoms. The Kier molecular flexibility index (Phi) is 5.39. The standard InChI is InChI=1S/C18H19NO9/c1-9(20)25-8-13-15(26-10(2)21)16-14(17(22)27-13)19(18(23)28-16)11-4-6-12(24-3)7-5-11/h4-7,13-16H,8H2,1-3H3/t13-,14+,15-,16-/m1/s1. The van der Waals surface area contributed by atoms with Crippen LogP contribution >= 0.6 is 0 Å². The molecule has 2 heterocycles. The SMILES string of the molecule is COc1ccc(N2C(=O)O[C@H]3[C@H](OC(C)=O)[C@@H](COC(C)=O)OC(=O)[C@H]32)cc1. The highest BCUT2D eigenvalue weighted by molar-refractivity contribution is 5.99. The molecule has 1 aromatic rings. The first kappa shape index (κ1) is 19.5. The molecule has 2 fully saturated rings. The zero-order valence-corrected chi connectivity index (χ0v) is 15.4. The Morgan fingerprint density at radius 3 is 2.32 bits per heavy atom. The summed E-state index contributed by atoms with van der Waals surface area (Å²) in [6.45, 7) is 2.03. The molecule has 0 aromatic heterocycles. The summed E-state index contributed by atoms with van der Waals surface area (Å²) in [6.07, 6.45) is -4.11. The van der Waals surface area contributed by atoms with Gasteiger partial charge in [0.2, 0.25) is 0 Å². The van der Waals surface area contributed by atoms with E-state index in [0.717, 1.165) is 4.90 Å². The average molecular weight is 393 g/mol. The number of benzene rings is 1. The summed E-state index contributed by atoms with van der Waals surface area (Å²) in [5.41, 5.74) is 0.385. The van der Waals surface area contributed by atoms with Crippen molar-refractivity contribution in [1.82, 2.24) is 0 Å². The highest BCUT2D eigenvalue weighted by atomic mass is 16.7. The van der Waals surface area contributed by atoms with E-state index in [4.69, 9.17) is 23.7 Å². The van der Waals surface area contributed by atoms with Crippen molar-refractivity contribution in [2.24, 2.45) is 0 Å². The number of anilines is 1. The Morgan fingerprint density at radius 2 is 1.75 bits per heavy atom. The zero-order valence-electron chi connectivity index (χ0n) is 15.4. The highest BCUT2D eigenvalue weighted by Gasteiger charge is 2.59. The van der Waals surface area contributed by atoms with E-state index in [1.807, 2.05) is 0 Å². The molecule has 0 unspecified atom stereocenters. The van der Waals surface area contributed by atoms with Crippen LogP contribution in [-0.4, -0.2) is 62.1 Å². The van der Waals surface area contributed by atoms with Crippen LogP contribution in [0.25, 0.3) is 0 Å². The Morgan fingerprint density at radius 1 is 1.07 bits per heavy atom. The van der Waals surface area contributed by atoms with Gasteiger partial charge in [0.05, 0.1) is 7.11 Å². The molecule has 0 aliphatic carbocycles. The number of carbonyl (C=O) groups is 4. The Hall–Kier alpha value is -3.30. The molecular formula is C18H19NO9. The maximum atomic E-state index is 12.6. The molecule has 0 radical (unpaired) electrons. The van der Waals surface area contributed by atoms with Crippen molar-refractivity contribution in [3.8, 4) is 5.75 Å². The molecule has 28 heavy (non-hydrogen) atoms. The topological polar surface area (TPSA) is 118 Å². The van der Waals surface area contributed by atoms with Gasteiger partial charge in [-0.2, -0.15) is 0 Å². The summed E-state index contributed by atoms with van der Waals surface area (Å²) < 4.78 is 25.9. The minimum atomic E-state index is -1.15. The van der Waals surface area contributed by atoms with Crippen molar-refractivity contribution in [3.63, 3.8) is 0 Å². The molecule has 2 aliphatic rings. The van der Waals surface area contributed by atoms with Crippen LogP contribution in [0.15, 0.2) is 24.3 Å². The van der Waals surface area contributed by atoms with E-state index in [1.165, 1.54) is 21.0 Å². The minimum absolute atomic E-state index is 0.331. The minimum Gasteiger partial charge on any atom is -0.497 e. The molecule has 1 aromatic carbocycles. The van der Waals surface area contributed by atoms with Gasteiger partial charge < -0.3 is 23.7 Å². The van der Waals surface area contributed by atoms with Crippen molar-refractivity contribution in [3.05, 3.63) is 24.3 Å². The Balaban J connectivity index is 1.90. The predicted octanol–water partition coefficient (Wildman–Crippen LogP) is 0.809. The van der Waals surface area contributed by atoms with Gasteiger partial charge in [0.1, 0.15) is 12.4 Å². The fourth-order valence-corrected chi connectivity index (χ4v) is 3.15. The summed E-state index contributed by atoms with van der Waals surface area (Å²) in [5, 5.41) is 0. The average Bonchev–Trinajstić information content (AvgIpc) is 3.00. The molecule has 0 spiro atoms. The molecule has 3 rings (SSSR count). The number of methoxy groups -OCH3 is 1. The first-order valence-electron chi connectivity index (χ1n) is 8.46. The number of esters is 3. The number of carbonyl (C=O) groups excluding carboxylic acids is 4. The molecule has 10 heteroatoms. The van der Waals surface area contributed by atoms with E-state index in [2.05, 4.69) is 0 Å². The van der Waals surface area contributed by atoms with E-state index in [1.54, 1.807) is 24.3 Å². The normalized spacial score (nSPS) is 26.0. The van der Waals surface area contributed by atoms with Gasteiger partial charge in [-0.3, -0.25) is 14.5 Å². The van der Waals surface area contributed by atoms with Crippen molar-refractivity contribution in [2.45, 2.75) is 38.2 Å². The van der Waals surface area contributed by atoms with Crippen molar-refractivity contribution < 1.29 is 42.9 Å². The van der Waals surface area contributed by atoms with Crippen LogP contribution in [-0.2, 0) is 33.3 Å². The predicted molar refractivity (Wildman–Crippen MR) is 91.6 cm³/mol. The Labute approximate surface area is 160 Å². The lowest BCUT2D eigenvalue weighted by Gasteiger charge is -2.37. The molecule has 0 saturated carbocycles. The molecule has 150 valence electrons. The van der Waals surface area contributed by atoms with E-state index in [0.29, 0.717) is 11.4 Å². The number of cyclic esters (lactones) is 1. The highest BCUT2D eigenvalue weighted by Crippen LogP contribution is 2.35.